The molecule has 1 aromatic carbocycles. The Morgan fingerprint density at radius 3 is 2.80 bits per heavy atom. The summed E-state index contributed by atoms with van der Waals surface area (Å²) in [5.41, 5.74) is 0.801. The zero-order valence-electron chi connectivity index (χ0n) is 14.0. The average molecular weight is 381 g/mol. The van der Waals surface area contributed by atoms with Crippen LogP contribution >= 0.6 is 24.0 Å². The van der Waals surface area contributed by atoms with E-state index in [1.807, 2.05) is 13.0 Å². The number of benzene rings is 1. The SMILES string of the molecule is CCOc1cc(C=C2SC(=S)N(CCCC(=O)O)C2=O)ccc1OC. The van der Waals surface area contributed by atoms with Crippen LogP contribution < -0.4 is 9.47 Å². The molecule has 0 bridgehead atoms. The number of methoxy groups -OCH3 is 1. The second-order valence-electron chi connectivity index (χ2n) is 5.17. The minimum absolute atomic E-state index is 0.00625. The number of hydrogen-bond acceptors (Lipinski definition) is 6. The average Bonchev–Trinajstić information content (AvgIpc) is 2.82. The number of carboxylic acid groups (broad SMARTS) is 1. The van der Waals surface area contributed by atoms with Gasteiger partial charge in [-0.1, -0.05) is 30.0 Å². The van der Waals surface area contributed by atoms with E-state index < -0.39 is 5.97 Å². The lowest BCUT2D eigenvalue weighted by molar-refractivity contribution is -0.137. The van der Waals surface area contributed by atoms with Crippen LogP contribution in [0.1, 0.15) is 25.3 Å². The van der Waals surface area contributed by atoms with E-state index in [2.05, 4.69) is 0 Å². The normalized spacial score (nSPS) is 15.8. The Morgan fingerprint density at radius 2 is 2.16 bits per heavy atom. The van der Waals surface area contributed by atoms with Gasteiger partial charge < -0.3 is 14.6 Å². The van der Waals surface area contributed by atoms with Gasteiger partial charge in [0.25, 0.3) is 5.91 Å². The summed E-state index contributed by atoms with van der Waals surface area (Å²) in [6.07, 6.45) is 2.12. The van der Waals surface area contributed by atoms with E-state index in [0.29, 0.717) is 40.3 Å². The van der Waals surface area contributed by atoms with Crippen molar-refractivity contribution in [1.82, 2.24) is 4.90 Å². The number of aliphatic carboxylic acids is 1. The number of ether oxygens (including phenoxy) is 2. The van der Waals surface area contributed by atoms with E-state index in [1.54, 1.807) is 25.3 Å². The fourth-order valence-corrected chi connectivity index (χ4v) is 3.59. The van der Waals surface area contributed by atoms with Crippen LogP contribution in [0.15, 0.2) is 23.1 Å². The van der Waals surface area contributed by atoms with Gasteiger partial charge in [-0.15, -0.1) is 0 Å². The lowest BCUT2D eigenvalue weighted by Crippen LogP contribution is -2.29. The highest BCUT2D eigenvalue weighted by atomic mass is 32.2. The first-order valence-electron chi connectivity index (χ1n) is 7.74. The zero-order chi connectivity index (χ0) is 18.4. The van der Waals surface area contributed by atoms with Crippen molar-refractivity contribution in [3.63, 3.8) is 0 Å². The van der Waals surface area contributed by atoms with Gasteiger partial charge in [0.2, 0.25) is 0 Å². The van der Waals surface area contributed by atoms with E-state index in [9.17, 15) is 9.59 Å². The summed E-state index contributed by atoms with van der Waals surface area (Å²) in [4.78, 5) is 25.0. The molecule has 25 heavy (non-hydrogen) atoms. The van der Waals surface area contributed by atoms with Crippen molar-refractivity contribution in [2.75, 3.05) is 20.3 Å². The first-order chi connectivity index (χ1) is 12.0. The third-order valence-electron chi connectivity index (χ3n) is 3.43. The molecule has 1 saturated heterocycles. The van der Waals surface area contributed by atoms with Crippen molar-refractivity contribution in [3.05, 3.63) is 28.7 Å². The van der Waals surface area contributed by atoms with Crippen molar-refractivity contribution in [2.24, 2.45) is 0 Å². The van der Waals surface area contributed by atoms with Gasteiger partial charge in [-0.2, -0.15) is 0 Å². The Balaban J connectivity index is 2.15. The molecule has 1 aliphatic heterocycles. The molecule has 8 heteroatoms. The van der Waals surface area contributed by atoms with Gasteiger partial charge in [-0.25, -0.2) is 0 Å². The quantitative estimate of drug-likeness (QED) is 0.547. The fraction of sp³-hybridized carbons (Fsp3) is 0.353. The minimum Gasteiger partial charge on any atom is -0.493 e. The van der Waals surface area contributed by atoms with Gasteiger partial charge in [-0.05, 0) is 37.1 Å². The Kier molecular flexibility index (Phi) is 6.83. The maximum Gasteiger partial charge on any atom is 0.303 e. The Morgan fingerprint density at radius 1 is 1.40 bits per heavy atom. The lowest BCUT2D eigenvalue weighted by Gasteiger charge is -2.13. The molecule has 2 rings (SSSR count). The molecule has 1 fully saturated rings. The molecule has 0 radical (unpaired) electrons. The second-order valence-corrected chi connectivity index (χ2v) is 6.85. The number of carbonyl (C=O) groups is 2. The maximum absolute atomic E-state index is 12.5. The second kappa shape index (κ2) is 8.87. The predicted octanol–water partition coefficient (Wildman–Crippen LogP) is 3.16. The largest absolute Gasteiger partial charge is 0.493 e. The van der Waals surface area contributed by atoms with Crippen LogP contribution in [0.5, 0.6) is 11.5 Å². The summed E-state index contributed by atoms with van der Waals surface area (Å²) < 4.78 is 11.2. The first kappa shape index (κ1) is 19.3. The third-order valence-corrected chi connectivity index (χ3v) is 4.81. The highest BCUT2D eigenvalue weighted by Gasteiger charge is 2.31. The molecule has 1 heterocycles. The van der Waals surface area contributed by atoms with E-state index in [0.717, 1.165) is 5.56 Å². The molecule has 0 unspecified atom stereocenters. The number of amides is 1. The van der Waals surface area contributed by atoms with Crippen molar-refractivity contribution < 1.29 is 24.2 Å². The highest BCUT2D eigenvalue weighted by molar-refractivity contribution is 8.26. The Bertz CT molecular complexity index is 717. The minimum atomic E-state index is -0.886. The van der Waals surface area contributed by atoms with Gasteiger partial charge in [-0.3, -0.25) is 14.5 Å². The van der Waals surface area contributed by atoms with Crippen molar-refractivity contribution in [1.29, 1.82) is 0 Å². The van der Waals surface area contributed by atoms with Crippen LogP contribution in [0.2, 0.25) is 0 Å². The Labute approximate surface area is 155 Å². The standard InChI is InChI=1S/C17H19NO5S2/c1-3-23-13-9-11(6-7-12(13)22-2)10-14-16(21)18(17(24)25-14)8-4-5-15(19)20/h6-7,9-10H,3-5,8H2,1-2H3,(H,19,20). The molecule has 0 saturated carbocycles. The third kappa shape index (κ3) is 4.96. The molecule has 134 valence electrons. The molecule has 6 nitrogen and oxygen atoms in total. The number of hydrogen-bond donors (Lipinski definition) is 1. The molecule has 0 aliphatic carbocycles. The van der Waals surface area contributed by atoms with E-state index >= 15 is 0 Å². The van der Waals surface area contributed by atoms with Crippen LogP contribution in [-0.2, 0) is 9.59 Å². The van der Waals surface area contributed by atoms with Crippen molar-refractivity contribution in [3.8, 4) is 11.5 Å². The smallest absolute Gasteiger partial charge is 0.303 e. The number of rotatable bonds is 8. The topological polar surface area (TPSA) is 76.1 Å². The number of thiocarbonyl (C=S) groups is 1. The summed E-state index contributed by atoms with van der Waals surface area (Å²) >= 11 is 6.45. The summed E-state index contributed by atoms with van der Waals surface area (Å²) in [5, 5.41) is 8.70. The predicted molar refractivity (Wildman–Crippen MR) is 101 cm³/mol. The fourth-order valence-electron chi connectivity index (χ4n) is 2.28. The van der Waals surface area contributed by atoms with Crippen LogP contribution in [0.4, 0.5) is 0 Å². The first-order valence-corrected chi connectivity index (χ1v) is 8.96. The number of carboxylic acids is 1. The summed E-state index contributed by atoms with van der Waals surface area (Å²) in [6.45, 7) is 2.70. The number of thioether (sulfide) groups is 1. The monoisotopic (exact) mass is 381 g/mol. The van der Waals surface area contributed by atoms with Gasteiger partial charge in [0.05, 0.1) is 18.6 Å². The molecule has 1 aromatic rings. The summed E-state index contributed by atoms with van der Waals surface area (Å²) in [6, 6.07) is 5.42. The van der Waals surface area contributed by atoms with Crippen molar-refractivity contribution in [2.45, 2.75) is 19.8 Å². The van der Waals surface area contributed by atoms with E-state index in [1.165, 1.54) is 16.7 Å². The summed E-state index contributed by atoms with van der Waals surface area (Å²) in [5.74, 6) is 0.146. The maximum atomic E-state index is 12.5. The van der Waals surface area contributed by atoms with Gasteiger partial charge in [0.1, 0.15) is 4.32 Å². The van der Waals surface area contributed by atoms with Gasteiger partial charge in [0.15, 0.2) is 11.5 Å². The number of carbonyl (C=O) groups excluding carboxylic acids is 1. The molecule has 1 amide bonds. The zero-order valence-corrected chi connectivity index (χ0v) is 15.6. The van der Waals surface area contributed by atoms with Crippen LogP contribution in [-0.4, -0.2) is 46.5 Å². The van der Waals surface area contributed by atoms with Crippen LogP contribution in [0.25, 0.3) is 6.08 Å². The molecule has 0 spiro atoms. The molecular formula is C17H19NO5S2. The molecule has 1 N–H and O–H groups in total. The van der Waals surface area contributed by atoms with E-state index in [4.69, 9.17) is 26.8 Å². The summed E-state index contributed by atoms with van der Waals surface area (Å²) in [7, 11) is 1.57. The van der Waals surface area contributed by atoms with Crippen LogP contribution in [0, 0.1) is 0 Å². The van der Waals surface area contributed by atoms with E-state index in [-0.39, 0.29) is 12.3 Å². The molecule has 0 atom stereocenters. The lowest BCUT2D eigenvalue weighted by atomic mass is 10.2. The molecule has 1 aliphatic rings. The molecule has 0 aromatic heterocycles. The highest BCUT2D eigenvalue weighted by Crippen LogP contribution is 2.34. The van der Waals surface area contributed by atoms with Crippen LogP contribution in [0.3, 0.4) is 0 Å². The van der Waals surface area contributed by atoms with Gasteiger partial charge in [0, 0.05) is 13.0 Å². The van der Waals surface area contributed by atoms with Crippen molar-refractivity contribution >= 4 is 46.3 Å². The Hall–Kier alpha value is -2.06. The van der Waals surface area contributed by atoms with Gasteiger partial charge >= 0.3 is 5.97 Å². The number of nitrogens with zero attached hydrogens (tertiary/aromatic N) is 1. The molecular weight excluding hydrogens is 362 g/mol.